The van der Waals surface area contributed by atoms with E-state index >= 15 is 0 Å². The Morgan fingerprint density at radius 1 is 1.07 bits per heavy atom. The fraction of sp³-hybridized carbons (Fsp3) is 0.263. The third kappa shape index (κ3) is 6.55. The Kier molecular flexibility index (Phi) is 7.77. The molecule has 0 aromatic heterocycles. The van der Waals surface area contributed by atoms with E-state index in [1.54, 1.807) is 36.4 Å². The van der Waals surface area contributed by atoms with E-state index in [1.165, 1.54) is 26.1 Å². The molecule has 0 aliphatic carbocycles. The summed E-state index contributed by atoms with van der Waals surface area (Å²) in [4.78, 5) is 24.2. The quantitative estimate of drug-likeness (QED) is 0.585. The van der Waals surface area contributed by atoms with Crippen LogP contribution in [0, 0.1) is 6.92 Å². The lowest BCUT2D eigenvalue weighted by Gasteiger charge is -2.18. The minimum absolute atomic E-state index is 0.0824. The van der Waals surface area contributed by atoms with Gasteiger partial charge in [0.2, 0.25) is 10.0 Å². The maximum atomic E-state index is 12.5. The van der Waals surface area contributed by atoms with Crippen molar-refractivity contribution in [3.63, 3.8) is 0 Å². The van der Waals surface area contributed by atoms with Crippen LogP contribution in [0.15, 0.2) is 57.9 Å². The molecule has 0 heterocycles. The molecule has 2 N–H and O–H groups in total. The fourth-order valence-corrected chi connectivity index (χ4v) is 3.61. The molecule has 0 bridgehead atoms. The maximum Gasteiger partial charge on any atom is 0.279 e. The first kappa shape index (κ1) is 22.9. The zero-order valence-electron chi connectivity index (χ0n) is 16.2. The molecular weight excluding hydrogens is 462 g/mol. The SMILES string of the molecule is Cc1ccc(S(=O)(=O)N(C)CC(=O)NNC(=O)C(C)Oc2ccc(Br)cc2)cc1. The van der Waals surface area contributed by atoms with E-state index in [0.29, 0.717) is 5.75 Å². The van der Waals surface area contributed by atoms with E-state index in [4.69, 9.17) is 4.74 Å². The highest BCUT2D eigenvalue weighted by Crippen LogP contribution is 2.17. The number of amides is 2. The van der Waals surface area contributed by atoms with Gasteiger partial charge >= 0.3 is 0 Å². The minimum atomic E-state index is -3.82. The van der Waals surface area contributed by atoms with Gasteiger partial charge in [0.05, 0.1) is 11.4 Å². The zero-order valence-corrected chi connectivity index (χ0v) is 18.6. The number of aryl methyl sites for hydroxylation is 1. The number of rotatable bonds is 7. The van der Waals surface area contributed by atoms with Gasteiger partial charge in [-0.15, -0.1) is 0 Å². The monoisotopic (exact) mass is 483 g/mol. The van der Waals surface area contributed by atoms with E-state index in [9.17, 15) is 18.0 Å². The van der Waals surface area contributed by atoms with Crippen LogP contribution in [0.3, 0.4) is 0 Å². The number of nitrogens with zero attached hydrogens (tertiary/aromatic N) is 1. The van der Waals surface area contributed by atoms with Gasteiger partial charge in [-0.1, -0.05) is 33.6 Å². The normalized spacial score (nSPS) is 12.3. The molecule has 0 spiro atoms. The van der Waals surface area contributed by atoms with Crippen molar-refractivity contribution >= 4 is 37.8 Å². The molecule has 0 aliphatic rings. The molecule has 156 valence electrons. The summed E-state index contributed by atoms with van der Waals surface area (Å²) in [6.45, 7) is 2.91. The fourth-order valence-electron chi connectivity index (χ4n) is 2.22. The third-order valence-corrected chi connectivity index (χ3v) is 6.26. The number of carbonyl (C=O) groups is 2. The summed E-state index contributed by atoms with van der Waals surface area (Å²) in [5, 5.41) is 0. The Balaban J connectivity index is 1.85. The summed E-state index contributed by atoms with van der Waals surface area (Å²) in [5.41, 5.74) is 5.34. The number of hydrazine groups is 1. The molecule has 8 nitrogen and oxygen atoms in total. The lowest BCUT2D eigenvalue weighted by Crippen LogP contribution is -2.50. The molecule has 10 heteroatoms. The van der Waals surface area contributed by atoms with Gasteiger partial charge < -0.3 is 4.74 Å². The molecule has 0 saturated carbocycles. The Hall–Kier alpha value is -2.43. The number of likely N-dealkylation sites (N-methyl/N-ethyl adjacent to an activating group) is 1. The maximum absolute atomic E-state index is 12.5. The molecule has 2 amide bonds. The van der Waals surface area contributed by atoms with Crippen LogP contribution in [0.4, 0.5) is 0 Å². The van der Waals surface area contributed by atoms with Crippen LogP contribution in [0.25, 0.3) is 0 Å². The second-order valence-electron chi connectivity index (χ2n) is 6.33. The van der Waals surface area contributed by atoms with Gasteiger partial charge in [0.25, 0.3) is 11.8 Å². The van der Waals surface area contributed by atoms with Crippen molar-refractivity contribution in [2.24, 2.45) is 0 Å². The van der Waals surface area contributed by atoms with Crippen LogP contribution in [-0.2, 0) is 19.6 Å². The van der Waals surface area contributed by atoms with Crippen molar-refractivity contribution in [1.82, 2.24) is 15.2 Å². The highest BCUT2D eigenvalue weighted by atomic mass is 79.9. The van der Waals surface area contributed by atoms with Gasteiger partial charge in [0.1, 0.15) is 5.75 Å². The van der Waals surface area contributed by atoms with Crippen molar-refractivity contribution < 1.29 is 22.7 Å². The van der Waals surface area contributed by atoms with Crippen LogP contribution >= 0.6 is 15.9 Å². The molecule has 1 unspecified atom stereocenters. The summed E-state index contributed by atoms with van der Waals surface area (Å²) in [6, 6.07) is 13.2. The molecule has 2 aromatic carbocycles. The Bertz CT molecular complexity index is 962. The summed E-state index contributed by atoms with van der Waals surface area (Å²) < 4.78 is 32.2. The predicted octanol–water partition coefficient (Wildman–Crippen LogP) is 1.99. The third-order valence-electron chi connectivity index (χ3n) is 3.92. The van der Waals surface area contributed by atoms with Crippen LogP contribution < -0.4 is 15.6 Å². The average Bonchev–Trinajstić information content (AvgIpc) is 2.68. The van der Waals surface area contributed by atoms with Crippen molar-refractivity contribution in [3.05, 3.63) is 58.6 Å². The number of halogens is 1. The summed E-state index contributed by atoms with van der Waals surface area (Å²) in [5.74, 6) is -0.774. The van der Waals surface area contributed by atoms with Crippen LogP contribution in [0.5, 0.6) is 5.75 Å². The summed E-state index contributed by atoms with van der Waals surface area (Å²) in [6.07, 6.45) is -0.870. The number of hydrogen-bond donors (Lipinski definition) is 2. The van der Waals surface area contributed by atoms with E-state index in [1.807, 2.05) is 6.92 Å². The first-order chi connectivity index (χ1) is 13.6. The first-order valence-corrected chi connectivity index (χ1v) is 10.9. The largest absolute Gasteiger partial charge is 0.481 e. The first-order valence-electron chi connectivity index (χ1n) is 8.63. The van der Waals surface area contributed by atoms with Gasteiger partial charge in [-0.05, 0) is 50.2 Å². The van der Waals surface area contributed by atoms with Crippen LogP contribution in [0.1, 0.15) is 12.5 Å². The average molecular weight is 484 g/mol. The standard InChI is InChI=1S/C19H22BrN3O5S/c1-13-4-10-17(11-5-13)29(26,27)23(3)12-18(24)21-22-19(25)14(2)28-16-8-6-15(20)7-9-16/h4-11,14H,12H2,1-3H3,(H,21,24)(H,22,25). The van der Waals surface area contributed by atoms with Crippen LogP contribution in [-0.4, -0.2) is 44.2 Å². The van der Waals surface area contributed by atoms with E-state index in [0.717, 1.165) is 14.3 Å². The van der Waals surface area contributed by atoms with E-state index < -0.39 is 34.5 Å². The molecule has 2 rings (SSSR count). The number of benzene rings is 2. The van der Waals surface area contributed by atoms with Crippen molar-refractivity contribution in [3.8, 4) is 5.75 Å². The summed E-state index contributed by atoms with van der Waals surface area (Å²) in [7, 11) is -2.53. The minimum Gasteiger partial charge on any atom is -0.481 e. The Morgan fingerprint density at radius 2 is 1.66 bits per heavy atom. The molecule has 0 aliphatic heterocycles. The smallest absolute Gasteiger partial charge is 0.279 e. The molecule has 0 saturated heterocycles. The molecule has 0 radical (unpaired) electrons. The number of sulfonamides is 1. The summed E-state index contributed by atoms with van der Waals surface area (Å²) >= 11 is 3.30. The van der Waals surface area contributed by atoms with E-state index in [-0.39, 0.29) is 4.90 Å². The molecular formula is C19H22BrN3O5S. The Labute approximate surface area is 178 Å². The van der Waals surface area contributed by atoms with Gasteiger partial charge in [-0.3, -0.25) is 20.4 Å². The predicted molar refractivity (Wildman–Crippen MR) is 112 cm³/mol. The zero-order chi connectivity index (χ0) is 21.6. The molecule has 29 heavy (non-hydrogen) atoms. The molecule has 2 aromatic rings. The van der Waals surface area contributed by atoms with Gasteiger partial charge in [0, 0.05) is 11.5 Å². The van der Waals surface area contributed by atoms with Crippen molar-refractivity contribution in [1.29, 1.82) is 0 Å². The van der Waals surface area contributed by atoms with Gasteiger partial charge in [-0.2, -0.15) is 4.31 Å². The second-order valence-corrected chi connectivity index (χ2v) is 9.29. The Morgan fingerprint density at radius 3 is 2.24 bits per heavy atom. The highest BCUT2D eigenvalue weighted by molar-refractivity contribution is 9.10. The van der Waals surface area contributed by atoms with Gasteiger partial charge in [0.15, 0.2) is 6.10 Å². The molecule has 1 atom stereocenters. The number of hydrogen-bond acceptors (Lipinski definition) is 5. The topological polar surface area (TPSA) is 105 Å². The highest BCUT2D eigenvalue weighted by Gasteiger charge is 2.23. The number of carbonyl (C=O) groups excluding carboxylic acids is 2. The van der Waals surface area contributed by atoms with Crippen LogP contribution in [0.2, 0.25) is 0 Å². The lowest BCUT2D eigenvalue weighted by atomic mass is 10.2. The van der Waals surface area contributed by atoms with Crippen molar-refractivity contribution in [2.45, 2.75) is 24.8 Å². The number of nitrogens with one attached hydrogen (secondary N) is 2. The number of ether oxygens (including phenoxy) is 1. The molecule has 0 fully saturated rings. The van der Waals surface area contributed by atoms with Gasteiger partial charge in [-0.25, -0.2) is 8.42 Å². The van der Waals surface area contributed by atoms with Crippen molar-refractivity contribution in [2.75, 3.05) is 13.6 Å². The second kappa shape index (κ2) is 9.86. The van der Waals surface area contributed by atoms with E-state index in [2.05, 4.69) is 26.8 Å². The lowest BCUT2D eigenvalue weighted by molar-refractivity contribution is -0.132.